The lowest BCUT2D eigenvalue weighted by Crippen LogP contribution is -2.60. The molecule has 9 N–H and O–H groups in total. The van der Waals surface area contributed by atoms with E-state index in [2.05, 4.69) is 0 Å². The molecule has 298 valence electrons. The van der Waals surface area contributed by atoms with Gasteiger partial charge in [-0.3, -0.25) is 9.59 Å². The van der Waals surface area contributed by atoms with Gasteiger partial charge in [0.15, 0.2) is 23.0 Å². The van der Waals surface area contributed by atoms with Gasteiger partial charge >= 0.3 is 11.9 Å². The predicted octanol–water partition coefficient (Wildman–Crippen LogP) is -0.00890. The molecule has 0 saturated carbocycles. The van der Waals surface area contributed by atoms with E-state index in [1.807, 2.05) is 0 Å². The number of aromatic hydroxyl groups is 2. The largest absolute Gasteiger partial charge is 0.510 e. The molecule has 4 aliphatic rings. The first-order valence-corrected chi connectivity index (χ1v) is 17.1. The molecule has 0 radical (unpaired) electrons. The number of esters is 2. The third-order valence-electron chi connectivity index (χ3n) is 8.90. The van der Waals surface area contributed by atoms with E-state index in [9.17, 15) is 55.2 Å². The molecule has 10 unspecified atom stereocenters. The lowest BCUT2D eigenvalue weighted by atomic mass is 9.99. The van der Waals surface area contributed by atoms with Gasteiger partial charge in [0.05, 0.1) is 11.6 Å². The standard InChI is InChI=1S/C38H38O18/c1-17(39)50-15-27-30(44)32(46)34(48)37(55-27)53-25-13-22(42)12-24-23(25)14-26(36(52-24)19-5-9-21(41)10-6-19)54-38-35(49)33(47)31(45)28(56-38)16-51-29(43)11-4-18-2-7-20(40)8-3-18/h2-14,27-28,30-35,37-38,40-41,44-49H,15-16H2,1H3/p+1. The summed E-state index contributed by atoms with van der Waals surface area (Å²) in [6.07, 6.45) is -14.3. The van der Waals surface area contributed by atoms with Gasteiger partial charge in [-0.05, 0) is 54.1 Å². The minimum absolute atomic E-state index is 0.0146. The molecular formula is C38H39O18+. The number of phenolic OH excluding ortho intramolecular Hbond substituents is 2. The molecule has 0 aromatic heterocycles. The Balaban J connectivity index is 1.29. The molecule has 2 aromatic rings. The van der Waals surface area contributed by atoms with Crippen molar-refractivity contribution < 1.29 is 83.3 Å². The number of phenols is 2. The van der Waals surface area contributed by atoms with Gasteiger partial charge in [-0.15, -0.1) is 0 Å². The minimum atomic E-state index is -1.87. The number of aliphatic hydroxyl groups is 6. The second kappa shape index (κ2) is 17.1. The van der Waals surface area contributed by atoms with Gasteiger partial charge in [0.25, 0.3) is 0 Å². The highest BCUT2D eigenvalue weighted by Gasteiger charge is 2.48. The van der Waals surface area contributed by atoms with Crippen molar-refractivity contribution in [3.8, 4) is 45.6 Å². The fourth-order valence-electron chi connectivity index (χ4n) is 5.88. The summed E-state index contributed by atoms with van der Waals surface area (Å²) < 4.78 is 39.7. The highest BCUT2D eigenvalue weighted by molar-refractivity contribution is 5.88. The molecular weight excluding hydrogens is 744 g/mol. The van der Waals surface area contributed by atoms with Crippen LogP contribution < -0.4 is 14.9 Å². The van der Waals surface area contributed by atoms with Crippen LogP contribution in [0.3, 0.4) is 0 Å². The number of carbonyl (C=O) groups is 1. The maximum atomic E-state index is 12.9. The zero-order chi connectivity index (χ0) is 40.3. The maximum Gasteiger partial charge on any atom is 0.510 e. The molecule has 0 amide bonds. The van der Waals surface area contributed by atoms with Gasteiger partial charge in [0.2, 0.25) is 19.2 Å². The van der Waals surface area contributed by atoms with Gasteiger partial charge in [-0.1, -0.05) is 12.1 Å². The van der Waals surface area contributed by atoms with Gasteiger partial charge < -0.3 is 78.5 Å². The third-order valence-corrected chi connectivity index (χ3v) is 8.90. The fraction of sp³-hybridized carbons (Fsp3) is 0.342. The van der Waals surface area contributed by atoms with Crippen LogP contribution in [0, 0.1) is 0 Å². The number of hydrogen-bond donors (Lipinski definition) is 8. The number of benzene rings is 3. The van der Waals surface area contributed by atoms with Crippen molar-refractivity contribution in [2.45, 2.75) is 68.3 Å². The fourth-order valence-corrected chi connectivity index (χ4v) is 5.88. The molecule has 6 rings (SSSR count). The second-order valence-electron chi connectivity index (χ2n) is 13.0. The average molecular weight is 784 g/mol. The molecule has 18 nitrogen and oxygen atoms in total. The zero-order valence-electron chi connectivity index (χ0n) is 29.4. The van der Waals surface area contributed by atoms with Crippen molar-refractivity contribution >= 4 is 18.0 Å². The van der Waals surface area contributed by atoms with Crippen molar-refractivity contribution in [2.75, 3.05) is 13.2 Å². The molecule has 2 fully saturated rings. The van der Waals surface area contributed by atoms with E-state index >= 15 is 0 Å². The molecule has 3 heterocycles. The predicted molar refractivity (Wildman–Crippen MR) is 190 cm³/mol. The van der Waals surface area contributed by atoms with E-state index in [0.29, 0.717) is 11.1 Å². The number of rotatable bonds is 11. The molecule has 0 spiro atoms. The van der Waals surface area contributed by atoms with E-state index in [4.69, 9.17) is 32.8 Å². The number of ether oxygens (including phenoxy) is 6. The van der Waals surface area contributed by atoms with Crippen molar-refractivity contribution in [3.05, 3.63) is 88.6 Å². The molecule has 56 heavy (non-hydrogen) atoms. The highest BCUT2D eigenvalue weighted by Crippen LogP contribution is 2.43. The number of fused-ring (bicyclic) bond motifs is 1. The molecule has 2 saturated heterocycles. The summed E-state index contributed by atoms with van der Waals surface area (Å²) >= 11 is 0. The average Bonchev–Trinajstić information content (AvgIpc) is 3.17. The Bertz CT molecular complexity index is 2050. The van der Waals surface area contributed by atoms with Crippen LogP contribution in [0.4, 0.5) is 0 Å². The Morgan fingerprint density at radius 1 is 0.714 bits per heavy atom. The lowest BCUT2D eigenvalue weighted by Gasteiger charge is -2.40. The van der Waals surface area contributed by atoms with Crippen LogP contribution in [0.25, 0.3) is 28.7 Å². The summed E-state index contributed by atoms with van der Waals surface area (Å²) in [5, 5.41) is 83.5. The minimum Gasteiger partial charge on any atom is -0.508 e. The summed E-state index contributed by atoms with van der Waals surface area (Å²) in [7, 11) is 0. The lowest BCUT2D eigenvalue weighted by molar-refractivity contribution is -0.278. The van der Waals surface area contributed by atoms with Crippen LogP contribution in [-0.2, 0) is 23.7 Å². The summed E-state index contributed by atoms with van der Waals surface area (Å²) in [6, 6.07) is 15.0. The zero-order valence-corrected chi connectivity index (χ0v) is 29.4. The van der Waals surface area contributed by atoms with Crippen molar-refractivity contribution in [3.63, 3.8) is 0 Å². The van der Waals surface area contributed by atoms with Gasteiger partial charge in [-0.25, -0.2) is 0 Å². The molecule has 18 heteroatoms. The second-order valence-corrected chi connectivity index (χ2v) is 13.0. The van der Waals surface area contributed by atoms with Crippen LogP contribution >= 0.6 is 0 Å². The Hall–Kier alpha value is -5.57. The van der Waals surface area contributed by atoms with Crippen LogP contribution in [0.1, 0.15) is 12.5 Å². The first-order valence-electron chi connectivity index (χ1n) is 17.1. The number of aliphatic hydroxyl groups excluding tert-OH is 6. The molecule has 3 aliphatic heterocycles. The van der Waals surface area contributed by atoms with E-state index in [1.54, 1.807) is 12.1 Å². The first-order chi connectivity index (χ1) is 26.7. The Morgan fingerprint density at radius 3 is 1.82 bits per heavy atom. The van der Waals surface area contributed by atoms with E-state index in [1.165, 1.54) is 54.6 Å². The highest BCUT2D eigenvalue weighted by atomic mass is 16.7. The summed E-state index contributed by atoms with van der Waals surface area (Å²) in [5.41, 5.74) is 0.292. The maximum absolute atomic E-state index is 12.9. The van der Waals surface area contributed by atoms with Crippen molar-refractivity contribution in [1.29, 1.82) is 0 Å². The van der Waals surface area contributed by atoms with E-state index < -0.39 is 92.0 Å². The summed E-state index contributed by atoms with van der Waals surface area (Å²) in [5.74, 6) is -1.97. The van der Waals surface area contributed by atoms with E-state index in [0.717, 1.165) is 19.1 Å². The van der Waals surface area contributed by atoms with Crippen molar-refractivity contribution in [2.24, 2.45) is 0 Å². The SMILES string of the molecule is CC(=O)OCC1OC(Oc2cc(=O)cc3oc(-c4ccc(O)cc4)c(OC4OC(COC(=[OH+])C=Cc5ccc(O)cc5)C(O)C(O)C4O)cc2-3)C(O)C(O)C1O. The number of carbonyl (C=O) groups excluding carboxylic acids is 2. The molecule has 2 aromatic carbocycles. The van der Waals surface area contributed by atoms with Crippen molar-refractivity contribution in [1.82, 2.24) is 0 Å². The first kappa shape index (κ1) is 40.1. The van der Waals surface area contributed by atoms with Gasteiger partial charge in [0, 0.05) is 24.6 Å². The number of hydrogen-bond acceptors (Lipinski definition) is 17. The smallest absolute Gasteiger partial charge is 0.508 e. The van der Waals surface area contributed by atoms with Crippen LogP contribution in [-0.4, -0.2) is 132 Å². The van der Waals surface area contributed by atoms with Gasteiger partial charge in [-0.2, -0.15) is 0 Å². The Kier molecular flexibility index (Phi) is 12.2. The van der Waals surface area contributed by atoms with Crippen LogP contribution in [0.15, 0.2) is 82.0 Å². The summed E-state index contributed by atoms with van der Waals surface area (Å²) in [6.45, 7) is 0.0840. The summed E-state index contributed by atoms with van der Waals surface area (Å²) in [4.78, 5) is 34.5. The third kappa shape index (κ3) is 9.10. The van der Waals surface area contributed by atoms with Crippen LogP contribution in [0.2, 0.25) is 0 Å². The normalized spacial score (nSPS) is 27.8. The molecule has 10 atom stereocenters. The monoisotopic (exact) mass is 783 g/mol. The molecule has 0 bridgehead atoms. The molecule has 1 aliphatic carbocycles. The Labute approximate surface area is 316 Å². The van der Waals surface area contributed by atoms with Crippen LogP contribution in [0.5, 0.6) is 23.0 Å². The Morgan fingerprint density at radius 2 is 1.25 bits per heavy atom. The van der Waals surface area contributed by atoms with E-state index in [-0.39, 0.29) is 40.1 Å². The van der Waals surface area contributed by atoms with Gasteiger partial charge in [0.1, 0.15) is 72.3 Å². The quantitative estimate of drug-likeness (QED) is 0.0564. The topological polar surface area (TPSA) is 286 Å².